The van der Waals surface area contributed by atoms with Gasteiger partial charge >= 0.3 is 0 Å². The van der Waals surface area contributed by atoms with Gasteiger partial charge in [0.25, 0.3) is 0 Å². The number of nitrogens with zero attached hydrogens (tertiary/aromatic N) is 3. The summed E-state index contributed by atoms with van der Waals surface area (Å²) in [6, 6.07) is 4.19. The van der Waals surface area contributed by atoms with E-state index in [9.17, 15) is 0 Å². The Morgan fingerprint density at radius 2 is 2.16 bits per heavy atom. The highest BCUT2D eigenvalue weighted by Crippen LogP contribution is 2.13. The first-order valence-electron chi connectivity index (χ1n) is 6.11. The van der Waals surface area contributed by atoms with Crippen molar-refractivity contribution in [2.45, 2.75) is 18.9 Å². The number of hydrogen-bond donors (Lipinski definition) is 2. The molecule has 19 heavy (non-hydrogen) atoms. The molecule has 0 aliphatic rings. The van der Waals surface area contributed by atoms with E-state index in [1.165, 1.54) is 5.56 Å². The lowest BCUT2D eigenvalue weighted by Crippen LogP contribution is -2.38. The third-order valence-corrected chi connectivity index (χ3v) is 3.84. The van der Waals surface area contributed by atoms with Crippen LogP contribution in [0.5, 0.6) is 0 Å². The molecule has 0 bridgehead atoms. The molecule has 3 rings (SSSR count). The average Bonchev–Trinajstić information content (AvgIpc) is 3.00. The molecule has 5 nitrogen and oxygen atoms in total. The van der Waals surface area contributed by atoms with Gasteiger partial charge in [0.1, 0.15) is 0 Å². The van der Waals surface area contributed by atoms with Crippen LogP contribution in [-0.4, -0.2) is 20.4 Å². The summed E-state index contributed by atoms with van der Waals surface area (Å²) in [7, 11) is 0. The quantitative estimate of drug-likeness (QED) is 0.545. The first kappa shape index (κ1) is 12.3. The van der Waals surface area contributed by atoms with Crippen molar-refractivity contribution in [2.24, 2.45) is 5.84 Å². The maximum Gasteiger partial charge on any atom is 0.193 e. The molecule has 0 saturated carbocycles. The lowest BCUT2D eigenvalue weighted by Gasteiger charge is -2.14. The number of nitrogens with two attached hydrogens (primary N) is 1. The smallest absolute Gasteiger partial charge is 0.193 e. The Morgan fingerprint density at radius 1 is 1.32 bits per heavy atom. The fourth-order valence-electron chi connectivity index (χ4n) is 2.12. The summed E-state index contributed by atoms with van der Waals surface area (Å²) in [5.41, 5.74) is 5.15. The molecular weight excluding hydrogens is 258 g/mol. The fraction of sp³-hybridized carbons (Fsp3) is 0.231. The minimum atomic E-state index is 0.173. The van der Waals surface area contributed by atoms with Crippen LogP contribution in [0.4, 0.5) is 0 Å². The topological polar surface area (TPSA) is 68.2 Å². The summed E-state index contributed by atoms with van der Waals surface area (Å²) in [4.78, 5) is 9.62. The molecule has 3 heterocycles. The number of fused-ring (bicyclic) bond motifs is 1. The fourth-order valence-corrected chi connectivity index (χ4v) is 2.84. The minimum Gasteiger partial charge on any atom is -0.297 e. The van der Waals surface area contributed by atoms with Gasteiger partial charge in [-0.2, -0.15) is 0 Å². The van der Waals surface area contributed by atoms with E-state index in [0.29, 0.717) is 0 Å². The van der Waals surface area contributed by atoms with E-state index in [4.69, 9.17) is 5.84 Å². The molecule has 0 saturated heterocycles. The Bertz CT molecular complexity index is 617. The van der Waals surface area contributed by atoms with E-state index in [-0.39, 0.29) is 6.04 Å². The Balaban J connectivity index is 1.71. The first-order chi connectivity index (χ1) is 9.35. The number of rotatable bonds is 5. The Hall–Kier alpha value is -1.76. The molecule has 0 aromatic carbocycles. The standard InChI is InChI=1S/C13H15N5S/c14-17-11(7-10-1-3-15-4-2-10)8-12-9-18-5-6-19-13(18)16-12/h1-6,9,11,17H,7-8,14H2. The van der Waals surface area contributed by atoms with Gasteiger partial charge in [0, 0.05) is 42.6 Å². The molecule has 0 radical (unpaired) electrons. The second-order valence-electron chi connectivity index (χ2n) is 4.45. The van der Waals surface area contributed by atoms with Gasteiger partial charge in [-0.3, -0.25) is 20.7 Å². The van der Waals surface area contributed by atoms with Gasteiger partial charge < -0.3 is 0 Å². The highest BCUT2D eigenvalue weighted by Gasteiger charge is 2.11. The van der Waals surface area contributed by atoms with Crippen molar-refractivity contribution in [3.05, 3.63) is 53.6 Å². The summed E-state index contributed by atoms with van der Waals surface area (Å²) in [5.74, 6) is 5.64. The van der Waals surface area contributed by atoms with Crippen molar-refractivity contribution in [2.75, 3.05) is 0 Å². The molecule has 0 fully saturated rings. The van der Waals surface area contributed by atoms with E-state index in [1.807, 2.05) is 28.1 Å². The molecule has 6 heteroatoms. The zero-order valence-electron chi connectivity index (χ0n) is 10.4. The number of hydrazine groups is 1. The van der Waals surface area contributed by atoms with Crippen molar-refractivity contribution in [3.63, 3.8) is 0 Å². The maximum absolute atomic E-state index is 5.64. The van der Waals surface area contributed by atoms with Gasteiger partial charge in [0.15, 0.2) is 4.96 Å². The Labute approximate surface area is 115 Å². The number of thiazole rings is 1. The molecule has 3 aromatic heterocycles. The lowest BCUT2D eigenvalue weighted by molar-refractivity contribution is 0.518. The molecule has 98 valence electrons. The van der Waals surface area contributed by atoms with Crippen LogP contribution >= 0.6 is 11.3 Å². The van der Waals surface area contributed by atoms with Crippen molar-refractivity contribution in [1.29, 1.82) is 0 Å². The predicted molar refractivity (Wildman–Crippen MR) is 75.8 cm³/mol. The highest BCUT2D eigenvalue weighted by molar-refractivity contribution is 7.15. The van der Waals surface area contributed by atoms with E-state index in [2.05, 4.69) is 21.6 Å². The van der Waals surface area contributed by atoms with Crippen LogP contribution in [0.3, 0.4) is 0 Å². The minimum absolute atomic E-state index is 0.173. The zero-order valence-corrected chi connectivity index (χ0v) is 11.2. The summed E-state index contributed by atoms with van der Waals surface area (Å²) >= 11 is 1.64. The Kier molecular flexibility index (Phi) is 3.54. The molecule has 0 amide bonds. The maximum atomic E-state index is 5.64. The molecule has 1 atom stereocenters. The van der Waals surface area contributed by atoms with E-state index >= 15 is 0 Å². The predicted octanol–water partition coefficient (Wildman–Crippen LogP) is 1.41. The van der Waals surface area contributed by atoms with Gasteiger partial charge in [-0.05, 0) is 24.1 Å². The Morgan fingerprint density at radius 3 is 2.89 bits per heavy atom. The van der Waals surface area contributed by atoms with Crippen LogP contribution < -0.4 is 11.3 Å². The molecule has 0 spiro atoms. The molecule has 3 aromatic rings. The second-order valence-corrected chi connectivity index (χ2v) is 5.33. The molecule has 0 aliphatic heterocycles. The summed E-state index contributed by atoms with van der Waals surface area (Å²) in [6.07, 6.45) is 9.36. The van der Waals surface area contributed by atoms with Crippen LogP contribution in [0.1, 0.15) is 11.3 Å². The van der Waals surface area contributed by atoms with E-state index < -0.39 is 0 Å². The van der Waals surface area contributed by atoms with Gasteiger partial charge in [-0.1, -0.05) is 0 Å². The van der Waals surface area contributed by atoms with Gasteiger partial charge in [0.2, 0.25) is 0 Å². The molecule has 0 aliphatic carbocycles. The molecular formula is C13H15N5S. The van der Waals surface area contributed by atoms with Crippen molar-refractivity contribution in [1.82, 2.24) is 19.8 Å². The normalized spacial score (nSPS) is 12.9. The third kappa shape index (κ3) is 2.81. The van der Waals surface area contributed by atoms with Crippen LogP contribution in [-0.2, 0) is 12.8 Å². The van der Waals surface area contributed by atoms with Crippen LogP contribution in [0.25, 0.3) is 4.96 Å². The monoisotopic (exact) mass is 273 g/mol. The van der Waals surface area contributed by atoms with Gasteiger partial charge in [-0.25, -0.2) is 4.98 Å². The zero-order chi connectivity index (χ0) is 13.1. The first-order valence-corrected chi connectivity index (χ1v) is 6.99. The molecule has 1 unspecified atom stereocenters. The number of hydrogen-bond acceptors (Lipinski definition) is 5. The van der Waals surface area contributed by atoms with Crippen LogP contribution in [0.2, 0.25) is 0 Å². The van der Waals surface area contributed by atoms with Crippen LogP contribution in [0.15, 0.2) is 42.3 Å². The van der Waals surface area contributed by atoms with Gasteiger partial charge in [0.05, 0.1) is 5.69 Å². The largest absolute Gasteiger partial charge is 0.297 e. The van der Waals surface area contributed by atoms with Crippen molar-refractivity contribution < 1.29 is 0 Å². The lowest BCUT2D eigenvalue weighted by atomic mass is 10.0. The third-order valence-electron chi connectivity index (χ3n) is 3.07. The van der Waals surface area contributed by atoms with Crippen molar-refractivity contribution in [3.8, 4) is 0 Å². The highest BCUT2D eigenvalue weighted by atomic mass is 32.1. The second kappa shape index (κ2) is 5.48. The summed E-state index contributed by atoms with van der Waals surface area (Å²) in [6.45, 7) is 0. The summed E-state index contributed by atoms with van der Waals surface area (Å²) < 4.78 is 2.04. The van der Waals surface area contributed by atoms with Crippen LogP contribution in [0, 0.1) is 0 Å². The van der Waals surface area contributed by atoms with E-state index in [1.54, 1.807) is 23.7 Å². The molecule has 3 N–H and O–H groups in total. The van der Waals surface area contributed by atoms with Crippen molar-refractivity contribution >= 4 is 16.3 Å². The average molecular weight is 273 g/mol. The summed E-state index contributed by atoms with van der Waals surface area (Å²) in [5, 5.41) is 2.03. The van der Waals surface area contributed by atoms with Gasteiger partial charge in [-0.15, -0.1) is 11.3 Å². The number of imidazole rings is 1. The number of aromatic nitrogens is 3. The SMILES string of the molecule is NNC(Cc1ccncc1)Cc1cn2ccsc2n1. The van der Waals surface area contributed by atoms with E-state index in [0.717, 1.165) is 23.5 Å². The number of nitrogens with one attached hydrogen (secondary N) is 1. The number of pyridine rings is 1.